The summed E-state index contributed by atoms with van der Waals surface area (Å²) in [4.78, 5) is 21.6. The number of nitro benzene ring substituents is 1. The van der Waals surface area contributed by atoms with E-state index in [9.17, 15) is 14.9 Å². The zero-order chi connectivity index (χ0) is 14.7. The molecule has 0 saturated carbocycles. The van der Waals surface area contributed by atoms with E-state index in [2.05, 4.69) is 5.32 Å². The second-order valence-electron chi connectivity index (χ2n) is 4.91. The smallest absolute Gasteiger partial charge is 0.293 e. The summed E-state index contributed by atoms with van der Waals surface area (Å²) in [5.41, 5.74) is 5.50. The molecule has 0 aromatic heterocycles. The van der Waals surface area contributed by atoms with Crippen molar-refractivity contribution in [1.29, 1.82) is 0 Å². The van der Waals surface area contributed by atoms with E-state index in [0.29, 0.717) is 18.2 Å². The van der Waals surface area contributed by atoms with Crippen molar-refractivity contribution < 1.29 is 14.5 Å². The monoisotopic (exact) mass is 279 g/mol. The van der Waals surface area contributed by atoms with Gasteiger partial charge in [0.25, 0.3) is 5.69 Å². The number of nitrogens with zero attached hydrogens (tertiary/aromatic N) is 1. The predicted octanol–water partition coefficient (Wildman–Crippen LogP) is 1.53. The van der Waals surface area contributed by atoms with Crippen molar-refractivity contribution >= 4 is 17.3 Å². The highest BCUT2D eigenvalue weighted by atomic mass is 16.6. The summed E-state index contributed by atoms with van der Waals surface area (Å²) in [5, 5.41) is 14.2. The first-order chi connectivity index (χ1) is 9.49. The van der Waals surface area contributed by atoms with Gasteiger partial charge in [-0.3, -0.25) is 14.9 Å². The molecule has 1 amide bonds. The van der Waals surface area contributed by atoms with Crippen LogP contribution >= 0.6 is 0 Å². The molecule has 7 heteroatoms. The molecular weight excluding hydrogens is 262 g/mol. The highest BCUT2D eigenvalue weighted by Gasteiger charge is 2.25. The predicted molar refractivity (Wildman–Crippen MR) is 73.6 cm³/mol. The molecule has 1 aliphatic heterocycles. The number of amides is 1. The van der Waals surface area contributed by atoms with Gasteiger partial charge in [0.1, 0.15) is 5.69 Å². The SMILES string of the molecule is CC(Nc1ccc(C(N)=O)cc1[N+](=O)[O-])C1CCOC1. The molecule has 2 unspecified atom stereocenters. The van der Waals surface area contributed by atoms with Gasteiger partial charge in [-0.25, -0.2) is 0 Å². The van der Waals surface area contributed by atoms with Crippen LogP contribution in [-0.4, -0.2) is 30.1 Å². The van der Waals surface area contributed by atoms with Gasteiger partial charge in [0, 0.05) is 30.2 Å². The Balaban J connectivity index is 2.21. The maximum Gasteiger partial charge on any atom is 0.293 e. The molecule has 7 nitrogen and oxygen atoms in total. The number of nitrogens with two attached hydrogens (primary N) is 1. The lowest BCUT2D eigenvalue weighted by Gasteiger charge is -2.20. The quantitative estimate of drug-likeness (QED) is 0.627. The summed E-state index contributed by atoms with van der Waals surface area (Å²) in [6, 6.07) is 4.25. The Morgan fingerprint density at radius 2 is 2.35 bits per heavy atom. The summed E-state index contributed by atoms with van der Waals surface area (Å²) in [7, 11) is 0. The number of benzene rings is 1. The third kappa shape index (κ3) is 3.05. The zero-order valence-electron chi connectivity index (χ0n) is 11.2. The average Bonchev–Trinajstić information content (AvgIpc) is 2.92. The Morgan fingerprint density at radius 3 is 2.90 bits per heavy atom. The molecule has 1 saturated heterocycles. The number of carbonyl (C=O) groups excluding carboxylic acids is 1. The second-order valence-corrected chi connectivity index (χ2v) is 4.91. The van der Waals surface area contributed by atoms with Crippen molar-refractivity contribution in [3.05, 3.63) is 33.9 Å². The minimum atomic E-state index is -0.683. The highest BCUT2D eigenvalue weighted by molar-refractivity contribution is 5.94. The summed E-state index contributed by atoms with van der Waals surface area (Å²) in [6.45, 7) is 3.34. The maximum atomic E-state index is 11.1. The lowest BCUT2D eigenvalue weighted by atomic mass is 10.00. The van der Waals surface area contributed by atoms with Gasteiger partial charge in [-0.1, -0.05) is 0 Å². The molecule has 2 atom stereocenters. The van der Waals surface area contributed by atoms with Crippen molar-refractivity contribution in [3.8, 4) is 0 Å². The maximum absolute atomic E-state index is 11.1. The number of nitrogens with one attached hydrogen (secondary N) is 1. The van der Waals surface area contributed by atoms with Crippen LogP contribution in [0.5, 0.6) is 0 Å². The van der Waals surface area contributed by atoms with Gasteiger partial charge in [-0.15, -0.1) is 0 Å². The zero-order valence-corrected chi connectivity index (χ0v) is 11.2. The number of ether oxygens (including phenoxy) is 1. The molecule has 2 rings (SSSR count). The van der Waals surface area contributed by atoms with Crippen molar-refractivity contribution in [1.82, 2.24) is 0 Å². The average molecular weight is 279 g/mol. The van der Waals surface area contributed by atoms with Crippen molar-refractivity contribution in [2.75, 3.05) is 18.5 Å². The molecule has 0 bridgehead atoms. The van der Waals surface area contributed by atoms with Crippen LogP contribution in [0.15, 0.2) is 18.2 Å². The molecule has 1 aromatic carbocycles. The first kappa shape index (κ1) is 14.3. The highest BCUT2D eigenvalue weighted by Crippen LogP contribution is 2.28. The van der Waals surface area contributed by atoms with E-state index in [1.54, 1.807) is 0 Å². The van der Waals surface area contributed by atoms with Crippen molar-refractivity contribution in [2.24, 2.45) is 11.7 Å². The van der Waals surface area contributed by atoms with Crippen LogP contribution in [0.1, 0.15) is 23.7 Å². The molecular formula is C13H17N3O4. The standard InChI is InChI=1S/C13H17N3O4/c1-8(10-4-5-20-7-10)15-11-3-2-9(13(14)17)6-12(11)16(18)19/h2-3,6,8,10,15H,4-5,7H2,1H3,(H2,14,17). The summed E-state index contributed by atoms with van der Waals surface area (Å²) >= 11 is 0. The van der Waals surface area contributed by atoms with E-state index in [0.717, 1.165) is 13.0 Å². The molecule has 108 valence electrons. The fourth-order valence-electron chi connectivity index (χ4n) is 2.27. The van der Waals surface area contributed by atoms with Gasteiger partial charge in [0.15, 0.2) is 0 Å². The number of hydrogen-bond donors (Lipinski definition) is 2. The molecule has 0 radical (unpaired) electrons. The summed E-state index contributed by atoms with van der Waals surface area (Å²) in [5.74, 6) is -0.359. The van der Waals surface area contributed by atoms with Gasteiger partial charge >= 0.3 is 0 Å². The third-order valence-corrected chi connectivity index (χ3v) is 3.53. The minimum Gasteiger partial charge on any atom is -0.381 e. The number of nitro groups is 1. The first-order valence-corrected chi connectivity index (χ1v) is 6.41. The van der Waals surface area contributed by atoms with Crippen molar-refractivity contribution in [3.63, 3.8) is 0 Å². The summed E-state index contributed by atoms with van der Waals surface area (Å²) < 4.78 is 5.31. The van der Waals surface area contributed by atoms with Crippen LogP contribution in [0.2, 0.25) is 0 Å². The number of primary amides is 1. The van der Waals surface area contributed by atoms with Crippen LogP contribution in [-0.2, 0) is 4.74 Å². The largest absolute Gasteiger partial charge is 0.381 e. The van der Waals surface area contributed by atoms with Crippen LogP contribution in [0.3, 0.4) is 0 Å². The van der Waals surface area contributed by atoms with E-state index in [1.165, 1.54) is 18.2 Å². The molecule has 1 heterocycles. The molecule has 0 spiro atoms. The lowest BCUT2D eigenvalue weighted by molar-refractivity contribution is -0.384. The number of carbonyl (C=O) groups is 1. The van der Waals surface area contributed by atoms with Crippen LogP contribution in [0.4, 0.5) is 11.4 Å². The Bertz CT molecular complexity index is 526. The Labute approximate surface area is 116 Å². The van der Waals surface area contributed by atoms with E-state index in [-0.39, 0.29) is 17.3 Å². The van der Waals surface area contributed by atoms with Gasteiger partial charge in [-0.2, -0.15) is 0 Å². The number of anilines is 1. The molecule has 0 aliphatic carbocycles. The van der Waals surface area contributed by atoms with Gasteiger partial charge in [0.05, 0.1) is 11.5 Å². The Hall–Kier alpha value is -2.15. The normalized spacial score (nSPS) is 19.6. The first-order valence-electron chi connectivity index (χ1n) is 6.41. The van der Waals surface area contributed by atoms with Gasteiger partial charge in [-0.05, 0) is 25.5 Å². The lowest BCUT2D eigenvalue weighted by Crippen LogP contribution is -2.26. The minimum absolute atomic E-state index is 0.0515. The van der Waals surface area contributed by atoms with Crippen LogP contribution < -0.4 is 11.1 Å². The van der Waals surface area contributed by atoms with Crippen LogP contribution in [0, 0.1) is 16.0 Å². The third-order valence-electron chi connectivity index (χ3n) is 3.53. The number of rotatable bonds is 5. The van der Waals surface area contributed by atoms with Gasteiger partial charge in [0.2, 0.25) is 5.91 Å². The Kier molecular flexibility index (Phi) is 4.19. The second kappa shape index (κ2) is 5.87. The van der Waals surface area contributed by atoms with E-state index >= 15 is 0 Å². The molecule has 20 heavy (non-hydrogen) atoms. The van der Waals surface area contributed by atoms with Gasteiger partial charge < -0.3 is 15.8 Å². The molecule has 1 aliphatic rings. The fourth-order valence-corrected chi connectivity index (χ4v) is 2.27. The topological polar surface area (TPSA) is 107 Å². The summed E-state index contributed by atoms with van der Waals surface area (Å²) in [6.07, 6.45) is 0.932. The van der Waals surface area contributed by atoms with E-state index in [1.807, 2.05) is 6.92 Å². The Morgan fingerprint density at radius 1 is 1.60 bits per heavy atom. The van der Waals surface area contributed by atoms with E-state index < -0.39 is 10.8 Å². The molecule has 1 fully saturated rings. The van der Waals surface area contributed by atoms with Crippen LogP contribution in [0.25, 0.3) is 0 Å². The fraction of sp³-hybridized carbons (Fsp3) is 0.462. The number of hydrogen-bond acceptors (Lipinski definition) is 5. The molecule has 3 N–H and O–H groups in total. The van der Waals surface area contributed by atoms with E-state index in [4.69, 9.17) is 10.5 Å². The molecule has 1 aromatic rings. The van der Waals surface area contributed by atoms with Crippen molar-refractivity contribution in [2.45, 2.75) is 19.4 Å².